The van der Waals surface area contributed by atoms with Crippen molar-refractivity contribution in [2.45, 2.75) is 0 Å². The van der Waals surface area contributed by atoms with Crippen LogP contribution in [-0.4, -0.2) is 23.9 Å². The summed E-state index contributed by atoms with van der Waals surface area (Å²) >= 11 is 0. The van der Waals surface area contributed by atoms with Gasteiger partial charge in [-0.05, 0) is 0 Å². The third-order valence-corrected chi connectivity index (χ3v) is 0.333. The average molecular weight is 215 g/mol. The summed E-state index contributed by atoms with van der Waals surface area (Å²) in [5, 5.41) is 35.7. The van der Waals surface area contributed by atoms with E-state index in [9.17, 15) is 0 Å². The minimum absolute atomic E-state index is 0. The molecule has 0 amide bonds. The standard InChI is InChI=1S/2C2H2O4.K/c2*3-1(4)2(5)6;/h2*(H,3,4)(H,5,6);/q;;+1/p-4. The summed E-state index contributed by atoms with van der Waals surface area (Å²) < 4.78 is 0. The summed E-state index contributed by atoms with van der Waals surface area (Å²) in [6, 6.07) is 0. The molecule has 13 heavy (non-hydrogen) atoms. The molecule has 0 aliphatic carbocycles. The summed E-state index contributed by atoms with van der Waals surface area (Å²) in [6.45, 7) is 0. The Morgan fingerprint density at radius 3 is 0.615 bits per heavy atom. The Morgan fingerprint density at radius 1 is 0.538 bits per heavy atom. The van der Waals surface area contributed by atoms with Crippen LogP contribution in [0.4, 0.5) is 0 Å². The van der Waals surface area contributed by atoms with E-state index < -0.39 is 23.9 Å². The molecule has 0 aromatic heterocycles. The largest absolute Gasteiger partial charge is 1.00 e. The SMILES string of the molecule is O=C([O-])C(=O)[O-].O=C([O-])C(=O)[O-].[K+]. The van der Waals surface area contributed by atoms with Crippen LogP contribution in [0.5, 0.6) is 0 Å². The van der Waals surface area contributed by atoms with Gasteiger partial charge >= 0.3 is 51.4 Å². The molecule has 0 aliphatic heterocycles. The fraction of sp³-hybridized carbons (Fsp3) is 0. The monoisotopic (exact) mass is 215 g/mol. The zero-order valence-corrected chi connectivity index (χ0v) is 9.39. The van der Waals surface area contributed by atoms with Crippen LogP contribution in [0.25, 0.3) is 0 Å². The van der Waals surface area contributed by atoms with Gasteiger partial charge in [-0.1, -0.05) is 0 Å². The molecule has 0 N–H and O–H groups in total. The number of aliphatic carboxylic acids is 4. The van der Waals surface area contributed by atoms with Crippen LogP contribution in [0.15, 0.2) is 0 Å². The zero-order chi connectivity index (χ0) is 10.3. The molecule has 0 unspecified atom stereocenters. The van der Waals surface area contributed by atoms with Gasteiger partial charge in [-0.2, -0.15) is 0 Å². The van der Waals surface area contributed by atoms with E-state index in [2.05, 4.69) is 0 Å². The molecule has 0 rings (SSSR count). The molecule has 0 aromatic rings. The molecule has 0 saturated heterocycles. The Kier molecular flexibility index (Phi) is 13.5. The maximum Gasteiger partial charge on any atom is 1.00 e. The van der Waals surface area contributed by atoms with Gasteiger partial charge in [-0.25, -0.2) is 0 Å². The first-order valence-electron chi connectivity index (χ1n) is 2.13. The molecule has 0 spiro atoms. The van der Waals surface area contributed by atoms with Crippen molar-refractivity contribution in [2.24, 2.45) is 0 Å². The van der Waals surface area contributed by atoms with E-state index >= 15 is 0 Å². The summed E-state index contributed by atoms with van der Waals surface area (Å²) in [5.74, 6) is -8.74. The van der Waals surface area contributed by atoms with Crippen molar-refractivity contribution in [1.29, 1.82) is 0 Å². The molecule has 0 aliphatic rings. The third-order valence-electron chi connectivity index (χ3n) is 0.333. The van der Waals surface area contributed by atoms with Crippen molar-refractivity contribution in [3.63, 3.8) is 0 Å². The summed E-state index contributed by atoms with van der Waals surface area (Å²) in [7, 11) is 0. The molecule has 0 aromatic carbocycles. The van der Waals surface area contributed by atoms with Gasteiger partial charge in [0.1, 0.15) is 0 Å². The fourth-order valence-corrected chi connectivity index (χ4v) is 0. The second-order valence-corrected chi connectivity index (χ2v) is 1.15. The van der Waals surface area contributed by atoms with Gasteiger partial charge < -0.3 is 39.6 Å². The molecular formula is C4KO8-3. The number of hydrogen-bond donors (Lipinski definition) is 0. The minimum Gasteiger partial charge on any atom is -0.543 e. The van der Waals surface area contributed by atoms with Gasteiger partial charge in [-0.3, -0.25) is 0 Å². The van der Waals surface area contributed by atoms with Crippen LogP contribution in [-0.2, 0) is 19.2 Å². The van der Waals surface area contributed by atoms with E-state index in [1.54, 1.807) is 0 Å². The number of carbonyl (C=O) groups is 4. The Morgan fingerprint density at radius 2 is 0.615 bits per heavy atom. The molecule has 0 saturated carbocycles. The van der Waals surface area contributed by atoms with Gasteiger partial charge in [0.05, 0.1) is 23.9 Å². The number of rotatable bonds is 0. The molecule has 0 bridgehead atoms. The molecule has 68 valence electrons. The third kappa shape index (κ3) is 18.5. The predicted octanol–water partition coefficient (Wildman–Crippen LogP) is -10.0. The molecule has 9 heteroatoms. The van der Waals surface area contributed by atoms with E-state index in [1.807, 2.05) is 0 Å². The normalized spacial score (nSPS) is 6.77. The summed E-state index contributed by atoms with van der Waals surface area (Å²) in [5.41, 5.74) is 0. The van der Waals surface area contributed by atoms with Crippen molar-refractivity contribution >= 4 is 23.9 Å². The van der Waals surface area contributed by atoms with E-state index in [0.717, 1.165) is 0 Å². The molecule has 0 atom stereocenters. The van der Waals surface area contributed by atoms with E-state index in [1.165, 1.54) is 0 Å². The second-order valence-electron chi connectivity index (χ2n) is 1.15. The van der Waals surface area contributed by atoms with Crippen molar-refractivity contribution in [1.82, 2.24) is 0 Å². The van der Waals surface area contributed by atoms with Gasteiger partial charge in [0.2, 0.25) is 0 Å². The zero-order valence-electron chi connectivity index (χ0n) is 6.27. The topological polar surface area (TPSA) is 161 Å². The first kappa shape index (κ1) is 18.3. The van der Waals surface area contributed by atoms with Crippen molar-refractivity contribution in [3.05, 3.63) is 0 Å². The van der Waals surface area contributed by atoms with Gasteiger partial charge in [0, 0.05) is 0 Å². The molecule has 0 radical (unpaired) electrons. The van der Waals surface area contributed by atoms with Crippen LogP contribution in [0.2, 0.25) is 0 Å². The average Bonchev–Trinajstić information content (AvgIpc) is 1.88. The van der Waals surface area contributed by atoms with E-state index in [4.69, 9.17) is 39.6 Å². The van der Waals surface area contributed by atoms with Crippen LogP contribution in [0.1, 0.15) is 0 Å². The smallest absolute Gasteiger partial charge is 0.543 e. The fourth-order valence-electron chi connectivity index (χ4n) is 0. The maximum atomic E-state index is 8.93. The number of hydrogen-bond acceptors (Lipinski definition) is 8. The van der Waals surface area contributed by atoms with Gasteiger partial charge in [0.15, 0.2) is 0 Å². The molecule has 0 heterocycles. The van der Waals surface area contributed by atoms with E-state index in [-0.39, 0.29) is 51.4 Å². The number of carboxylic acid groups (broad SMARTS) is 4. The minimum atomic E-state index is -2.19. The Labute approximate surface area is 114 Å². The quantitative estimate of drug-likeness (QED) is 0.284. The van der Waals surface area contributed by atoms with Crippen LogP contribution >= 0.6 is 0 Å². The first-order chi connectivity index (χ1) is 5.29. The molecule has 8 nitrogen and oxygen atoms in total. The Balaban J connectivity index is -0.000000143. The summed E-state index contributed by atoms with van der Waals surface area (Å²) in [6.07, 6.45) is 0. The van der Waals surface area contributed by atoms with Crippen molar-refractivity contribution in [3.8, 4) is 0 Å². The molecular weight excluding hydrogens is 215 g/mol. The maximum absolute atomic E-state index is 8.93. The molecule has 0 fully saturated rings. The van der Waals surface area contributed by atoms with Crippen LogP contribution in [0, 0.1) is 0 Å². The van der Waals surface area contributed by atoms with Gasteiger partial charge in [0.25, 0.3) is 0 Å². The van der Waals surface area contributed by atoms with Crippen molar-refractivity contribution < 1.29 is 91.0 Å². The van der Waals surface area contributed by atoms with Crippen LogP contribution in [0.3, 0.4) is 0 Å². The Bertz CT molecular complexity index is 172. The Hall–Kier alpha value is -0.484. The predicted molar refractivity (Wildman–Crippen MR) is 20.0 cm³/mol. The van der Waals surface area contributed by atoms with Gasteiger partial charge in [-0.15, -0.1) is 0 Å². The number of carboxylic acids is 4. The van der Waals surface area contributed by atoms with Crippen LogP contribution < -0.4 is 71.8 Å². The van der Waals surface area contributed by atoms with Crippen molar-refractivity contribution in [2.75, 3.05) is 0 Å². The second kappa shape index (κ2) is 9.60. The summed E-state index contributed by atoms with van der Waals surface area (Å²) in [4.78, 5) is 35.7. The number of carbonyl (C=O) groups excluding carboxylic acids is 4. The van der Waals surface area contributed by atoms with E-state index in [0.29, 0.717) is 0 Å². The first-order valence-corrected chi connectivity index (χ1v) is 2.13.